The fraction of sp³-hybridized carbons (Fsp3) is 0.348. The number of amides is 1. The first-order chi connectivity index (χ1) is 16.6. The van der Waals surface area contributed by atoms with Gasteiger partial charge in [-0.2, -0.15) is 23.3 Å². The number of halogens is 3. The molecule has 0 unspecified atom stereocenters. The molecule has 4 aromatic rings. The summed E-state index contributed by atoms with van der Waals surface area (Å²) in [5, 5.41) is 11.5. The van der Waals surface area contributed by atoms with E-state index in [4.69, 9.17) is 5.73 Å². The van der Waals surface area contributed by atoms with Crippen molar-refractivity contribution in [3.63, 3.8) is 0 Å². The third-order valence-corrected chi connectivity index (χ3v) is 5.78. The number of fused-ring (bicyclic) bond motifs is 1. The molecule has 2 atom stereocenters. The van der Waals surface area contributed by atoms with Crippen molar-refractivity contribution in [2.45, 2.75) is 51.9 Å². The minimum atomic E-state index is -4.50. The van der Waals surface area contributed by atoms with Crippen LogP contribution in [0.5, 0.6) is 0 Å². The topological polar surface area (TPSA) is 116 Å². The van der Waals surface area contributed by atoms with Crippen LogP contribution in [-0.4, -0.2) is 41.3 Å². The number of nitrogen functional groups attached to an aromatic ring is 1. The van der Waals surface area contributed by atoms with Crippen LogP contribution in [0.2, 0.25) is 0 Å². The van der Waals surface area contributed by atoms with Crippen LogP contribution in [0.1, 0.15) is 61.4 Å². The number of pyridine rings is 2. The van der Waals surface area contributed by atoms with E-state index < -0.39 is 11.9 Å². The molecule has 0 fully saturated rings. The third kappa shape index (κ3) is 4.96. The molecule has 4 heterocycles. The van der Waals surface area contributed by atoms with Gasteiger partial charge in [0.15, 0.2) is 5.65 Å². The summed E-state index contributed by atoms with van der Waals surface area (Å²) in [6.45, 7) is 5.78. The average molecular weight is 487 g/mol. The van der Waals surface area contributed by atoms with Crippen molar-refractivity contribution in [3.05, 3.63) is 59.8 Å². The van der Waals surface area contributed by atoms with Gasteiger partial charge in [-0.15, -0.1) is 5.10 Å². The van der Waals surface area contributed by atoms with Crippen molar-refractivity contribution in [2.75, 3.05) is 5.73 Å². The Kier molecular flexibility index (Phi) is 6.46. The quantitative estimate of drug-likeness (QED) is 0.406. The first kappa shape index (κ1) is 24.2. The van der Waals surface area contributed by atoms with Crippen molar-refractivity contribution in [1.29, 1.82) is 0 Å². The summed E-state index contributed by atoms with van der Waals surface area (Å²) in [5.74, 6) is -0.276. The zero-order valence-corrected chi connectivity index (χ0v) is 19.4. The number of aromatic nitrogens is 6. The number of rotatable bonds is 7. The first-order valence-corrected chi connectivity index (χ1v) is 11.2. The summed E-state index contributed by atoms with van der Waals surface area (Å²) in [7, 11) is 0. The first-order valence-electron chi connectivity index (χ1n) is 11.2. The summed E-state index contributed by atoms with van der Waals surface area (Å²) in [4.78, 5) is 20.7. The summed E-state index contributed by atoms with van der Waals surface area (Å²) in [6, 6.07) is 5.44. The molecule has 4 rings (SSSR count). The number of alkyl halides is 3. The van der Waals surface area contributed by atoms with Crippen molar-refractivity contribution in [3.8, 4) is 11.1 Å². The predicted octanol–water partition coefficient (Wildman–Crippen LogP) is 4.12. The Labute approximate surface area is 199 Å². The Morgan fingerprint density at radius 1 is 1.14 bits per heavy atom. The number of anilines is 1. The summed E-state index contributed by atoms with van der Waals surface area (Å²) >= 11 is 0. The van der Waals surface area contributed by atoms with Crippen molar-refractivity contribution in [2.24, 2.45) is 0 Å². The lowest BCUT2D eigenvalue weighted by molar-refractivity contribution is -0.141. The molecule has 0 aliphatic rings. The van der Waals surface area contributed by atoms with Gasteiger partial charge in [0.25, 0.3) is 5.91 Å². The average Bonchev–Trinajstić information content (AvgIpc) is 3.44. The smallest absolute Gasteiger partial charge is 0.366 e. The molecule has 12 heteroatoms. The molecular formula is C23H25F3N8O. The summed E-state index contributed by atoms with van der Waals surface area (Å²) in [6.07, 6.45) is 1.47. The maximum Gasteiger partial charge on any atom is 0.433 e. The molecule has 9 nitrogen and oxygen atoms in total. The van der Waals surface area contributed by atoms with Crippen LogP contribution in [0.4, 0.5) is 19.1 Å². The van der Waals surface area contributed by atoms with Gasteiger partial charge < -0.3 is 11.1 Å². The highest BCUT2D eigenvalue weighted by atomic mass is 19.4. The molecule has 4 aromatic heterocycles. The van der Waals surface area contributed by atoms with Crippen LogP contribution >= 0.6 is 0 Å². The molecule has 3 N–H and O–H groups in total. The Balaban J connectivity index is 1.69. The lowest BCUT2D eigenvalue weighted by Crippen LogP contribution is -2.33. The van der Waals surface area contributed by atoms with Crippen molar-refractivity contribution in [1.82, 2.24) is 34.7 Å². The van der Waals surface area contributed by atoms with Crippen LogP contribution in [0.3, 0.4) is 0 Å². The van der Waals surface area contributed by atoms with E-state index in [0.29, 0.717) is 28.8 Å². The molecule has 0 saturated heterocycles. The van der Waals surface area contributed by atoms with Gasteiger partial charge in [0.1, 0.15) is 11.4 Å². The van der Waals surface area contributed by atoms with Gasteiger partial charge in [-0.1, -0.05) is 19.9 Å². The van der Waals surface area contributed by atoms with Crippen LogP contribution in [0.15, 0.2) is 42.9 Å². The largest absolute Gasteiger partial charge is 0.433 e. The molecule has 1 amide bonds. The highest BCUT2D eigenvalue weighted by Gasteiger charge is 2.32. The van der Waals surface area contributed by atoms with E-state index in [-0.39, 0.29) is 29.6 Å². The standard InChI is InChI=1S/C23H25F3N8O/c1-4-13(3)30-21(35)18-8-15(9-20-31-22(27)32-34(18)20)16-11-29-33(12-16)17(5-2)14-6-7-19(28-10-14)23(24,25)26/h6-13,17H,4-5H2,1-3H3,(H2,27,32)(H,30,35)/t13-,17-/m0/s1. The number of carbonyl (C=O) groups is 1. The minimum absolute atomic E-state index is 0.0347. The Morgan fingerprint density at radius 3 is 2.54 bits per heavy atom. The predicted molar refractivity (Wildman–Crippen MR) is 124 cm³/mol. The zero-order valence-electron chi connectivity index (χ0n) is 19.4. The second-order valence-electron chi connectivity index (χ2n) is 8.26. The lowest BCUT2D eigenvalue weighted by atomic mass is 10.1. The Morgan fingerprint density at radius 2 is 1.91 bits per heavy atom. The SMILES string of the molecule is CC[C@H](C)NC(=O)c1cc(-c2cnn([C@@H](CC)c3ccc(C(F)(F)F)nc3)c2)cc2nc(N)nn12. The van der Waals surface area contributed by atoms with E-state index >= 15 is 0 Å². The number of carbonyl (C=O) groups excluding carboxylic acids is 1. The van der Waals surface area contributed by atoms with Gasteiger partial charge in [0.2, 0.25) is 5.95 Å². The van der Waals surface area contributed by atoms with Crippen molar-refractivity contribution >= 4 is 17.5 Å². The Bertz CT molecular complexity index is 1340. The number of nitrogens with zero attached hydrogens (tertiary/aromatic N) is 6. The van der Waals surface area contributed by atoms with Crippen LogP contribution in [0, 0.1) is 0 Å². The molecule has 0 saturated carbocycles. The van der Waals surface area contributed by atoms with Gasteiger partial charge in [-0.25, -0.2) is 4.52 Å². The molecule has 0 radical (unpaired) electrons. The molecule has 0 aliphatic carbocycles. The normalized spacial score (nSPS) is 13.7. The number of hydrogen-bond donors (Lipinski definition) is 2. The van der Waals surface area contributed by atoms with E-state index in [9.17, 15) is 18.0 Å². The fourth-order valence-corrected chi connectivity index (χ4v) is 3.73. The number of nitrogens with one attached hydrogen (secondary N) is 1. The number of hydrogen-bond acceptors (Lipinski definition) is 6. The zero-order chi connectivity index (χ0) is 25.3. The van der Waals surface area contributed by atoms with Gasteiger partial charge in [0, 0.05) is 24.0 Å². The molecule has 0 aliphatic heterocycles. The second kappa shape index (κ2) is 9.35. The van der Waals surface area contributed by atoms with Crippen LogP contribution < -0.4 is 11.1 Å². The number of nitrogens with two attached hydrogens (primary N) is 1. The molecule has 0 aromatic carbocycles. The molecule has 35 heavy (non-hydrogen) atoms. The van der Waals surface area contributed by atoms with Crippen LogP contribution in [0.25, 0.3) is 16.8 Å². The van der Waals surface area contributed by atoms with E-state index in [0.717, 1.165) is 12.5 Å². The van der Waals surface area contributed by atoms with E-state index in [1.165, 1.54) is 16.8 Å². The lowest BCUT2D eigenvalue weighted by Gasteiger charge is -2.16. The van der Waals surface area contributed by atoms with Gasteiger partial charge in [0.05, 0.1) is 12.2 Å². The third-order valence-electron chi connectivity index (χ3n) is 5.78. The fourth-order valence-electron chi connectivity index (χ4n) is 3.73. The van der Waals surface area contributed by atoms with Gasteiger partial charge >= 0.3 is 6.18 Å². The minimum Gasteiger partial charge on any atom is -0.366 e. The van der Waals surface area contributed by atoms with Gasteiger partial charge in [-0.3, -0.25) is 14.5 Å². The highest BCUT2D eigenvalue weighted by molar-refractivity contribution is 5.95. The van der Waals surface area contributed by atoms with Crippen molar-refractivity contribution < 1.29 is 18.0 Å². The van der Waals surface area contributed by atoms with E-state index in [2.05, 4.69) is 25.5 Å². The Hall–Kier alpha value is -3.96. The maximum absolute atomic E-state index is 12.9. The maximum atomic E-state index is 12.9. The van der Waals surface area contributed by atoms with E-state index in [1.54, 1.807) is 29.2 Å². The molecule has 0 spiro atoms. The molecule has 184 valence electrons. The van der Waals surface area contributed by atoms with E-state index in [1.807, 2.05) is 20.8 Å². The molecular weight excluding hydrogens is 461 g/mol. The van der Waals surface area contributed by atoms with Gasteiger partial charge in [-0.05, 0) is 49.1 Å². The van der Waals surface area contributed by atoms with Crippen LogP contribution in [-0.2, 0) is 6.18 Å². The summed E-state index contributed by atoms with van der Waals surface area (Å²) < 4.78 is 41.7. The molecule has 0 bridgehead atoms. The highest BCUT2D eigenvalue weighted by Crippen LogP contribution is 2.30. The second-order valence-corrected chi connectivity index (χ2v) is 8.26. The summed E-state index contributed by atoms with van der Waals surface area (Å²) in [5.41, 5.74) is 7.48. The monoisotopic (exact) mass is 486 g/mol.